The topological polar surface area (TPSA) is 117 Å². The Labute approximate surface area is 113 Å². The van der Waals surface area contributed by atoms with Gasteiger partial charge in [0.25, 0.3) is 5.69 Å². The van der Waals surface area contributed by atoms with E-state index in [0.717, 1.165) is 0 Å². The van der Waals surface area contributed by atoms with Crippen molar-refractivity contribution < 1.29 is 14.2 Å². The van der Waals surface area contributed by atoms with Crippen molar-refractivity contribution in [2.75, 3.05) is 13.2 Å². The summed E-state index contributed by atoms with van der Waals surface area (Å²) in [6, 6.07) is 6.22. The van der Waals surface area contributed by atoms with E-state index in [1.807, 2.05) is 0 Å². The lowest BCUT2D eigenvalue weighted by Gasteiger charge is -2.14. The lowest BCUT2D eigenvalue weighted by molar-refractivity contribution is -0.384. The lowest BCUT2D eigenvalue weighted by Crippen LogP contribution is -2.37. The molecule has 2 aromatic rings. The summed E-state index contributed by atoms with van der Waals surface area (Å²) in [5.41, 5.74) is 5.53. The largest absolute Gasteiger partial charge is 0.379 e. The molecule has 2 N–H and O–H groups in total. The van der Waals surface area contributed by atoms with Crippen molar-refractivity contribution in [1.29, 1.82) is 0 Å². The lowest BCUT2D eigenvalue weighted by atomic mass is 10.0. The number of para-hydroxylation sites is 1. The van der Waals surface area contributed by atoms with Crippen molar-refractivity contribution in [3.05, 3.63) is 40.3 Å². The summed E-state index contributed by atoms with van der Waals surface area (Å²) in [6.07, 6.45) is 0.575. The molecule has 1 aliphatic rings. The molecule has 3 rings (SSSR count). The third kappa shape index (κ3) is 2.04. The molecule has 0 saturated carbocycles. The van der Waals surface area contributed by atoms with Gasteiger partial charge in [0.2, 0.25) is 11.7 Å². The number of rotatable bonds is 3. The zero-order valence-corrected chi connectivity index (χ0v) is 10.5. The molecule has 0 amide bonds. The van der Waals surface area contributed by atoms with Gasteiger partial charge in [0, 0.05) is 12.7 Å². The third-order valence-corrected chi connectivity index (χ3v) is 3.25. The molecule has 8 heteroatoms. The highest BCUT2D eigenvalue weighted by molar-refractivity contribution is 5.67. The number of nitro benzene ring substituents is 1. The van der Waals surface area contributed by atoms with E-state index in [0.29, 0.717) is 25.2 Å². The molecule has 1 aromatic heterocycles. The Kier molecular flexibility index (Phi) is 2.96. The van der Waals surface area contributed by atoms with E-state index in [9.17, 15) is 10.1 Å². The Morgan fingerprint density at radius 2 is 2.20 bits per heavy atom. The summed E-state index contributed by atoms with van der Waals surface area (Å²) in [6.45, 7) is 0.825. The maximum absolute atomic E-state index is 11.0. The van der Waals surface area contributed by atoms with E-state index in [2.05, 4.69) is 10.1 Å². The molecule has 104 valence electrons. The first-order valence-electron chi connectivity index (χ1n) is 6.05. The number of hydrogen-bond acceptors (Lipinski definition) is 7. The smallest absolute Gasteiger partial charge is 0.280 e. The number of hydrogen-bond donors (Lipinski definition) is 1. The van der Waals surface area contributed by atoms with E-state index < -0.39 is 10.5 Å². The maximum Gasteiger partial charge on any atom is 0.280 e. The SMILES string of the molecule is NC1(c2nc(-c3ccccc3[N+](=O)[O-])no2)CCOC1. The Morgan fingerprint density at radius 3 is 2.90 bits per heavy atom. The van der Waals surface area contributed by atoms with Crippen LogP contribution in [0.2, 0.25) is 0 Å². The van der Waals surface area contributed by atoms with E-state index in [4.69, 9.17) is 15.0 Å². The molecule has 20 heavy (non-hydrogen) atoms. The second-order valence-corrected chi connectivity index (χ2v) is 4.66. The van der Waals surface area contributed by atoms with E-state index in [1.54, 1.807) is 18.2 Å². The van der Waals surface area contributed by atoms with E-state index >= 15 is 0 Å². The molecule has 0 radical (unpaired) electrons. The van der Waals surface area contributed by atoms with E-state index in [-0.39, 0.29) is 17.4 Å². The molecule has 1 fully saturated rings. The fourth-order valence-electron chi connectivity index (χ4n) is 2.11. The molecule has 0 aliphatic carbocycles. The van der Waals surface area contributed by atoms with Crippen LogP contribution in [0.3, 0.4) is 0 Å². The van der Waals surface area contributed by atoms with Gasteiger partial charge in [-0.15, -0.1) is 0 Å². The van der Waals surface area contributed by atoms with Gasteiger partial charge >= 0.3 is 0 Å². The summed E-state index contributed by atoms with van der Waals surface area (Å²) < 4.78 is 10.4. The molecule has 2 heterocycles. The summed E-state index contributed by atoms with van der Waals surface area (Å²) in [7, 11) is 0. The first kappa shape index (κ1) is 12.7. The fraction of sp³-hybridized carbons (Fsp3) is 0.333. The zero-order valence-electron chi connectivity index (χ0n) is 10.5. The normalized spacial score (nSPS) is 22.1. The van der Waals surface area contributed by atoms with Crippen molar-refractivity contribution in [2.24, 2.45) is 5.73 Å². The number of benzene rings is 1. The van der Waals surface area contributed by atoms with Crippen molar-refractivity contribution in [1.82, 2.24) is 10.1 Å². The minimum absolute atomic E-state index is 0.0754. The predicted molar refractivity (Wildman–Crippen MR) is 67.7 cm³/mol. The van der Waals surface area contributed by atoms with Gasteiger partial charge in [-0.25, -0.2) is 0 Å². The molecular formula is C12H12N4O4. The van der Waals surface area contributed by atoms with Crippen LogP contribution in [0.15, 0.2) is 28.8 Å². The summed E-state index contributed by atoms with van der Waals surface area (Å²) in [5, 5.41) is 14.8. The Bertz CT molecular complexity index is 648. The van der Waals surface area contributed by atoms with Gasteiger partial charge in [-0.3, -0.25) is 10.1 Å². The average Bonchev–Trinajstić information content (AvgIpc) is 3.08. The summed E-state index contributed by atoms with van der Waals surface area (Å²) in [5.74, 6) is 0.396. The molecule has 1 aliphatic heterocycles. The minimum Gasteiger partial charge on any atom is -0.379 e. The van der Waals surface area contributed by atoms with Crippen LogP contribution in [0.25, 0.3) is 11.4 Å². The molecule has 1 saturated heterocycles. The Hall–Kier alpha value is -2.32. The molecule has 1 atom stereocenters. The van der Waals surface area contributed by atoms with Gasteiger partial charge in [-0.2, -0.15) is 4.98 Å². The van der Waals surface area contributed by atoms with Crippen LogP contribution in [-0.2, 0) is 10.3 Å². The van der Waals surface area contributed by atoms with Gasteiger partial charge in [-0.1, -0.05) is 17.3 Å². The predicted octanol–water partition coefficient (Wildman–Crippen LogP) is 1.22. The van der Waals surface area contributed by atoms with Gasteiger partial charge in [-0.05, 0) is 12.5 Å². The highest BCUT2D eigenvalue weighted by Gasteiger charge is 2.38. The first-order chi connectivity index (χ1) is 9.60. The van der Waals surface area contributed by atoms with Gasteiger partial charge in [0.05, 0.1) is 11.5 Å². The minimum atomic E-state index is -0.811. The second-order valence-electron chi connectivity index (χ2n) is 4.66. The van der Waals surface area contributed by atoms with Gasteiger partial charge < -0.3 is 15.0 Å². The number of nitrogens with two attached hydrogens (primary N) is 1. The monoisotopic (exact) mass is 276 g/mol. The maximum atomic E-state index is 11.0. The Balaban J connectivity index is 2.00. The number of nitro groups is 1. The van der Waals surface area contributed by atoms with Crippen LogP contribution < -0.4 is 5.73 Å². The van der Waals surface area contributed by atoms with Crippen molar-refractivity contribution in [2.45, 2.75) is 12.0 Å². The number of nitrogens with zero attached hydrogens (tertiary/aromatic N) is 3. The molecular weight excluding hydrogens is 264 g/mol. The van der Waals surface area contributed by atoms with E-state index in [1.165, 1.54) is 6.07 Å². The molecule has 0 bridgehead atoms. The van der Waals surface area contributed by atoms with Crippen LogP contribution in [0.1, 0.15) is 12.3 Å². The molecule has 1 aromatic carbocycles. The summed E-state index contributed by atoms with van der Waals surface area (Å²) >= 11 is 0. The number of ether oxygens (including phenoxy) is 1. The van der Waals surface area contributed by atoms with Crippen LogP contribution in [0.4, 0.5) is 5.69 Å². The molecule has 0 spiro atoms. The third-order valence-electron chi connectivity index (χ3n) is 3.25. The van der Waals surface area contributed by atoms with Crippen LogP contribution in [0.5, 0.6) is 0 Å². The van der Waals surface area contributed by atoms with Crippen LogP contribution >= 0.6 is 0 Å². The highest BCUT2D eigenvalue weighted by atomic mass is 16.6. The van der Waals surface area contributed by atoms with Crippen molar-refractivity contribution in [3.63, 3.8) is 0 Å². The first-order valence-corrected chi connectivity index (χ1v) is 6.05. The quantitative estimate of drug-likeness (QED) is 0.661. The summed E-state index contributed by atoms with van der Waals surface area (Å²) in [4.78, 5) is 14.7. The standard InChI is InChI=1S/C12H12N4O4/c13-12(5-6-19-7-12)11-14-10(15-20-11)8-3-1-2-4-9(8)16(17)18/h1-4H,5-7,13H2. The molecule has 8 nitrogen and oxygen atoms in total. The van der Waals surface area contributed by atoms with Crippen LogP contribution in [-0.4, -0.2) is 28.3 Å². The fourth-order valence-corrected chi connectivity index (χ4v) is 2.11. The van der Waals surface area contributed by atoms with Crippen molar-refractivity contribution >= 4 is 5.69 Å². The van der Waals surface area contributed by atoms with Crippen molar-refractivity contribution in [3.8, 4) is 11.4 Å². The van der Waals surface area contributed by atoms with Gasteiger partial charge in [0.1, 0.15) is 11.1 Å². The second kappa shape index (κ2) is 4.66. The average molecular weight is 276 g/mol. The number of aromatic nitrogens is 2. The highest BCUT2D eigenvalue weighted by Crippen LogP contribution is 2.31. The zero-order chi connectivity index (χ0) is 14.2. The Morgan fingerprint density at radius 1 is 1.40 bits per heavy atom. The molecule has 1 unspecified atom stereocenters. The van der Waals surface area contributed by atoms with Crippen LogP contribution in [0, 0.1) is 10.1 Å². The van der Waals surface area contributed by atoms with Gasteiger partial charge in [0.15, 0.2) is 0 Å².